The van der Waals surface area contributed by atoms with Crippen molar-refractivity contribution in [1.82, 2.24) is 20.0 Å². The smallest absolute Gasteiger partial charge is 0.254 e. The van der Waals surface area contributed by atoms with E-state index in [4.69, 9.17) is 4.52 Å². The molecule has 1 N–H and O–H groups in total. The molecule has 4 rings (SSSR count). The van der Waals surface area contributed by atoms with Gasteiger partial charge in [0.25, 0.3) is 5.91 Å². The van der Waals surface area contributed by atoms with Crippen LogP contribution in [0.15, 0.2) is 29.0 Å². The average molecular weight is 356 g/mol. The van der Waals surface area contributed by atoms with Crippen molar-refractivity contribution < 1.29 is 9.32 Å². The van der Waals surface area contributed by atoms with E-state index in [2.05, 4.69) is 15.5 Å². The third kappa shape index (κ3) is 3.24. The monoisotopic (exact) mass is 356 g/mol. The Morgan fingerprint density at radius 2 is 2.12 bits per heavy atom. The molecule has 6 nitrogen and oxygen atoms in total. The van der Waals surface area contributed by atoms with E-state index in [-0.39, 0.29) is 5.91 Å². The number of aryl methyl sites for hydroxylation is 2. The van der Waals surface area contributed by atoms with E-state index in [1.54, 1.807) is 18.3 Å². The lowest BCUT2D eigenvalue weighted by atomic mass is 9.95. The SMILES string of the molecule is Cc1noc(CCNC(=O)c2c(-n3cccc3)sc3c2CCCC3)n1. The quantitative estimate of drug-likeness (QED) is 0.762. The van der Waals surface area contributed by atoms with Crippen LogP contribution >= 0.6 is 11.3 Å². The van der Waals surface area contributed by atoms with E-state index in [9.17, 15) is 4.79 Å². The van der Waals surface area contributed by atoms with Crippen molar-refractivity contribution >= 4 is 17.2 Å². The van der Waals surface area contributed by atoms with E-state index in [1.807, 2.05) is 29.1 Å². The van der Waals surface area contributed by atoms with Crippen molar-refractivity contribution in [2.75, 3.05) is 6.54 Å². The van der Waals surface area contributed by atoms with Crippen molar-refractivity contribution in [3.8, 4) is 5.00 Å². The predicted octanol–water partition coefficient (Wildman–Crippen LogP) is 3.08. The van der Waals surface area contributed by atoms with Crippen LogP contribution in [0.1, 0.15) is 45.4 Å². The number of nitrogens with one attached hydrogen (secondary N) is 1. The van der Waals surface area contributed by atoms with Gasteiger partial charge in [-0.1, -0.05) is 5.16 Å². The Morgan fingerprint density at radius 1 is 1.32 bits per heavy atom. The molecule has 0 spiro atoms. The number of rotatable bonds is 5. The fourth-order valence-electron chi connectivity index (χ4n) is 3.25. The first-order chi connectivity index (χ1) is 12.2. The summed E-state index contributed by atoms with van der Waals surface area (Å²) in [6.07, 6.45) is 8.94. The fourth-order valence-corrected chi connectivity index (χ4v) is 4.60. The van der Waals surface area contributed by atoms with Crippen LogP contribution in [0.2, 0.25) is 0 Å². The highest BCUT2D eigenvalue weighted by Gasteiger charge is 2.25. The molecule has 3 heterocycles. The molecular weight excluding hydrogens is 336 g/mol. The summed E-state index contributed by atoms with van der Waals surface area (Å²) in [6, 6.07) is 3.97. The molecule has 0 fully saturated rings. The summed E-state index contributed by atoms with van der Waals surface area (Å²) in [4.78, 5) is 18.4. The summed E-state index contributed by atoms with van der Waals surface area (Å²) < 4.78 is 7.14. The van der Waals surface area contributed by atoms with Gasteiger partial charge >= 0.3 is 0 Å². The maximum absolute atomic E-state index is 12.9. The average Bonchev–Trinajstić information content (AvgIpc) is 3.33. The van der Waals surface area contributed by atoms with Gasteiger partial charge in [-0.25, -0.2) is 0 Å². The summed E-state index contributed by atoms with van der Waals surface area (Å²) in [5.74, 6) is 1.15. The zero-order valence-corrected chi connectivity index (χ0v) is 14.9. The number of aromatic nitrogens is 3. The van der Waals surface area contributed by atoms with Crippen LogP contribution < -0.4 is 5.32 Å². The Balaban J connectivity index is 1.55. The molecule has 0 radical (unpaired) electrons. The van der Waals surface area contributed by atoms with Crippen LogP contribution in [0.25, 0.3) is 5.00 Å². The summed E-state index contributed by atoms with van der Waals surface area (Å²) in [5.41, 5.74) is 2.06. The van der Waals surface area contributed by atoms with Gasteiger partial charge < -0.3 is 14.4 Å². The Morgan fingerprint density at radius 3 is 2.88 bits per heavy atom. The summed E-state index contributed by atoms with van der Waals surface area (Å²) in [7, 11) is 0. The molecular formula is C18H20N4O2S. The first-order valence-electron chi connectivity index (χ1n) is 8.57. The molecule has 7 heteroatoms. The zero-order chi connectivity index (χ0) is 17.2. The van der Waals surface area contributed by atoms with Gasteiger partial charge in [0.1, 0.15) is 5.00 Å². The third-order valence-corrected chi connectivity index (χ3v) is 5.72. The van der Waals surface area contributed by atoms with Crippen LogP contribution in [-0.2, 0) is 19.3 Å². The summed E-state index contributed by atoms with van der Waals surface area (Å²) in [6.45, 7) is 2.27. The van der Waals surface area contributed by atoms with E-state index in [1.165, 1.54) is 16.9 Å². The van der Waals surface area contributed by atoms with Gasteiger partial charge in [-0.2, -0.15) is 4.98 Å². The molecule has 1 amide bonds. The van der Waals surface area contributed by atoms with E-state index in [0.29, 0.717) is 24.7 Å². The molecule has 0 aromatic carbocycles. The number of amides is 1. The van der Waals surface area contributed by atoms with Crippen molar-refractivity contribution in [2.45, 2.75) is 39.0 Å². The second-order valence-corrected chi connectivity index (χ2v) is 7.31. The number of hydrogen-bond donors (Lipinski definition) is 1. The summed E-state index contributed by atoms with van der Waals surface area (Å²) >= 11 is 1.74. The number of thiophene rings is 1. The Bertz CT molecular complexity index is 879. The maximum atomic E-state index is 12.9. The summed E-state index contributed by atoms with van der Waals surface area (Å²) in [5, 5.41) is 7.81. The molecule has 0 saturated carbocycles. The first kappa shape index (κ1) is 16.1. The van der Waals surface area contributed by atoms with Gasteiger partial charge in [0, 0.05) is 30.2 Å². The molecule has 3 aromatic rings. The van der Waals surface area contributed by atoms with Crippen molar-refractivity contribution in [3.05, 3.63) is 52.2 Å². The second-order valence-electron chi connectivity index (χ2n) is 6.22. The minimum atomic E-state index is -0.0145. The minimum absolute atomic E-state index is 0.0145. The van der Waals surface area contributed by atoms with Crippen LogP contribution in [0.5, 0.6) is 0 Å². The largest absolute Gasteiger partial charge is 0.351 e. The highest BCUT2D eigenvalue weighted by Crippen LogP contribution is 2.36. The van der Waals surface area contributed by atoms with Crippen molar-refractivity contribution in [1.29, 1.82) is 0 Å². The van der Waals surface area contributed by atoms with E-state index < -0.39 is 0 Å². The highest BCUT2D eigenvalue weighted by atomic mass is 32.1. The number of fused-ring (bicyclic) bond motifs is 1. The van der Waals surface area contributed by atoms with Crippen LogP contribution in [-0.4, -0.2) is 27.2 Å². The molecule has 0 unspecified atom stereocenters. The van der Waals surface area contributed by atoms with Crippen LogP contribution in [0.3, 0.4) is 0 Å². The fraction of sp³-hybridized carbons (Fsp3) is 0.389. The second kappa shape index (κ2) is 6.84. The number of nitrogens with zero attached hydrogens (tertiary/aromatic N) is 3. The topological polar surface area (TPSA) is 73.0 Å². The van der Waals surface area contributed by atoms with Gasteiger partial charge in [0.15, 0.2) is 5.82 Å². The molecule has 25 heavy (non-hydrogen) atoms. The van der Waals surface area contributed by atoms with Gasteiger partial charge in [-0.15, -0.1) is 11.3 Å². The normalized spacial score (nSPS) is 13.6. The van der Waals surface area contributed by atoms with E-state index in [0.717, 1.165) is 29.8 Å². The van der Waals surface area contributed by atoms with Gasteiger partial charge in [-0.3, -0.25) is 4.79 Å². The van der Waals surface area contributed by atoms with E-state index >= 15 is 0 Å². The Labute approximate surface area is 149 Å². The lowest BCUT2D eigenvalue weighted by molar-refractivity contribution is 0.0952. The number of hydrogen-bond acceptors (Lipinski definition) is 5. The van der Waals surface area contributed by atoms with Gasteiger partial charge in [0.05, 0.1) is 5.56 Å². The first-order valence-corrected chi connectivity index (χ1v) is 9.39. The Kier molecular flexibility index (Phi) is 4.40. The Hall–Kier alpha value is -2.41. The molecule has 0 bridgehead atoms. The molecule has 1 aliphatic carbocycles. The minimum Gasteiger partial charge on any atom is -0.351 e. The molecule has 1 aliphatic rings. The van der Waals surface area contributed by atoms with Crippen LogP contribution in [0, 0.1) is 6.92 Å². The number of carbonyl (C=O) groups excluding carboxylic acids is 1. The van der Waals surface area contributed by atoms with Gasteiger partial charge in [0.2, 0.25) is 5.89 Å². The predicted molar refractivity (Wildman–Crippen MR) is 95.4 cm³/mol. The molecule has 0 atom stereocenters. The van der Waals surface area contributed by atoms with Crippen LogP contribution in [0.4, 0.5) is 0 Å². The van der Waals surface area contributed by atoms with Crippen molar-refractivity contribution in [3.63, 3.8) is 0 Å². The highest BCUT2D eigenvalue weighted by molar-refractivity contribution is 7.15. The lowest BCUT2D eigenvalue weighted by Gasteiger charge is -2.13. The molecule has 0 aliphatic heterocycles. The maximum Gasteiger partial charge on any atom is 0.254 e. The standard InChI is InChI=1S/C18H20N4O2S/c1-12-20-15(24-21-12)8-9-19-17(23)16-13-6-2-3-7-14(13)25-18(16)22-10-4-5-11-22/h4-5,10-11H,2-3,6-9H2,1H3,(H,19,23). The van der Waals surface area contributed by atoms with Crippen molar-refractivity contribution in [2.24, 2.45) is 0 Å². The zero-order valence-electron chi connectivity index (χ0n) is 14.1. The molecule has 0 saturated heterocycles. The molecule has 130 valence electrons. The van der Waals surface area contributed by atoms with Gasteiger partial charge in [-0.05, 0) is 50.3 Å². The third-order valence-electron chi connectivity index (χ3n) is 4.41. The lowest BCUT2D eigenvalue weighted by Crippen LogP contribution is -2.27. The molecule has 3 aromatic heterocycles. The number of carbonyl (C=O) groups is 1.